The van der Waals surface area contributed by atoms with E-state index in [2.05, 4.69) is 15.5 Å². The second-order valence-electron chi connectivity index (χ2n) is 4.47. The van der Waals surface area contributed by atoms with Crippen LogP contribution in [0.5, 0.6) is 0 Å². The van der Waals surface area contributed by atoms with Gasteiger partial charge in [-0.05, 0) is 24.1 Å². The van der Waals surface area contributed by atoms with Gasteiger partial charge in [0.1, 0.15) is 11.0 Å². The quantitative estimate of drug-likeness (QED) is 0.735. The number of hydrogen-bond acceptors (Lipinski definition) is 5. The van der Waals surface area contributed by atoms with Crippen LogP contribution in [-0.4, -0.2) is 31.9 Å². The Kier molecular flexibility index (Phi) is 2.75. The average Bonchev–Trinajstić information content (AvgIpc) is 2.80. The Balaban J connectivity index is 1.97. The van der Waals surface area contributed by atoms with Crippen molar-refractivity contribution in [2.75, 3.05) is 0 Å². The molecule has 0 aliphatic carbocycles. The molecule has 1 atom stereocenters. The Morgan fingerprint density at radius 2 is 2.11 bits per heavy atom. The van der Waals surface area contributed by atoms with Gasteiger partial charge in [0, 0.05) is 6.42 Å². The number of piperidine rings is 1. The first kappa shape index (κ1) is 11.8. The Bertz CT molecular complexity index is 664. The van der Waals surface area contributed by atoms with E-state index in [1.165, 1.54) is 4.80 Å². The average molecular weight is 260 g/mol. The van der Waals surface area contributed by atoms with Crippen LogP contribution in [0, 0.1) is 0 Å². The number of rotatable bonds is 2. The van der Waals surface area contributed by atoms with Crippen LogP contribution in [0.4, 0.5) is 0 Å². The van der Waals surface area contributed by atoms with Crippen molar-refractivity contribution in [3.63, 3.8) is 0 Å². The summed E-state index contributed by atoms with van der Waals surface area (Å²) in [6.45, 7) is -0.0682. The molecule has 3 rings (SSSR count). The molecule has 0 spiro atoms. The number of nitrogens with zero attached hydrogens (tertiary/aromatic N) is 3. The Morgan fingerprint density at radius 3 is 2.84 bits per heavy atom. The van der Waals surface area contributed by atoms with Crippen molar-refractivity contribution in [2.24, 2.45) is 0 Å². The van der Waals surface area contributed by atoms with Crippen molar-refractivity contribution < 1.29 is 14.7 Å². The third-order valence-electron chi connectivity index (χ3n) is 3.13. The van der Waals surface area contributed by atoms with Crippen LogP contribution in [0.15, 0.2) is 18.2 Å². The fourth-order valence-electron chi connectivity index (χ4n) is 2.12. The monoisotopic (exact) mass is 260 g/mol. The highest BCUT2D eigenvalue weighted by Crippen LogP contribution is 2.19. The Morgan fingerprint density at radius 1 is 1.32 bits per heavy atom. The topological polar surface area (TPSA) is 97.1 Å². The fourth-order valence-corrected chi connectivity index (χ4v) is 2.12. The van der Waals surface area contributed by atoms with Crippen LogP contribution < -0.4 is 5.32 Å². The zero-order chi connectivity index (χ0) is 13.4. The Hall–Kier alpha value is -2.28. The molecular weight excluding hydrogens is 248 g/mol. The summed E-state index contributed by atoms with van der Waals surface area (Å²) in [6, 6.07) is 4.68. The van der Waals surface area contributed by atoms with Gasteiger partial charge in [-0.1, -0.05) is 6.07 Å². The minimum absolute atomic E-state index is 0.0682. The maximum absolute atomic E-state index is 11.7. The number of aliphatic hydroxyl groups is 1. The molecule has 0 saturated carbocycles. The van der Waals surface area contributed by atoms with Crippen molar-refractivity contribution in [1.82, 2.24) is 20.3 Å². The summed E-state index contributed by atoms with van der Waals surface area (Å²) < 4.78 is 0. The number of aromatic nitrogens is 3. The molecule has 0 radical (unpaired) electrons. The number of imide groups is 1. The number of fused-ring (bicyclic) bond motifs is 1. The number of aliphatic hydroxyl groups excluding tert-OH is 1. The minimum Gasteiger partial charge on any atom is -0.392 e. The molecule has 2 aromatic rings. The fraction of sp³-hybridized carbons (Fsp3) is 0.333. The zero-order valence-electron chi connectivity index (χ0n) is 10.0. The SMILES string of the molecule is O=C1CCC(n2nc3ccc(CO)cc3n2)C(=O)N1. The van der Waals surface area contributed by atoms with Gasteiger partial charge in [0.25, 0.3) is 5.91 Å². The van der Waals surface area contributed by atoms with Crippen LogP contribution >= 0.6 is 0 Å². The molecule has 1 unspecified atom stereocenters. The molecule has 1 aromatic carbocycles. The summed E-state index contributed by atoms with van der Waals surface area (Å²) >= 11 is 0. The molecular formula is C12H12N4O3. The van der Waals surface area contributed by atoms with E-state index in [1.54, 1.807) is 18.2 Å². The van der Waals surface area contributed by atoms with Crippen molar-refractivity contribution in [3.05, 3.63) is 23.8 Å². The second kappa shape index (κ2) is 4.43. The van der Waals surface area contributed by atoms with Gasteiger partial charge in [-0.3, -0.25) is 14.9 Å². The molecule has 98 valence electrons. The molecule has 1 aromatic heterocycles. The van der Waals surface area contributed by atoms with E-state index in [4.69, 9.17) is 5.11 Å². The van der Waals surface area contributed by atoms with Gasteiger partial charge in [-0.25, -0.2) is 0 Å². The molecule has 1 aliphatic rings. The highest BCUT2D eigenvalue weighted by atomic mass is 16.3. The van der Waals surface area contributed by atoms with E-state index < -0.39 is 6.04 Å². The lowest BCUT2D eigenvalue weighted by molar-refractivity contribution is -0.136. The van der Waals surface area contributed by atoms with Crippen molar-refractivity contribution >= 4 is 22.8 Å². The molecule has 7 heteroatoms. The lowest BCUT2D eigenvalue weighted by Crippen LogP contribution is -2.42. The van der Waals surface area contributed by atoms with Crippen LogP contribution in [0.2, 0.25) is 0 Å². The minimum atomic E-state index is -0.553. The van der Waals surface area contributed by atoms with Crippen LogP contribution in [0.25, 0.3) is 11.0 Å². The number of carbonyl (C=O) groups excluding carboxylic acids is 2. The molecule has 2 N–H and O–H groups in total. The summed E-state index contributed by atoms with van der Waals surface area (Å²) in [7, 11) is 0. The summed E-state index contributed by atoms with van der Waals surface area (Å²) in [6.07, 6.45) is 0.689. The van der Waals surface area contributed by atoms with Gasteiger partial charge < -0.3 is 5.11 Å². The lowest BCUT2D eigenvalue weighted by atomic mass is 10.1. The van der Waals surface area contributed by atoms with E-state index >= 15 is 0 Å². The van der Waals surface area contributed by atoms with Gasteiger partial charge in [-0.2, -0.15) is 15.0 Å². The van der Waals surface area contributed by atoms with Crippen LogP contribution in [0.3, 0.4) is 0 Å². The summed E-state index contributed by atoms with van der Waals surface area (Å²) in [5, 5.41) is 19.8. The highest BCUT2D eigenvalue weighted by molar-refractivity contribution is 5.99. The first-order valence-corrected chi connectivity index (χ1v) is 5.97. The van der Waals surface area contributed by atoms with Gasteiger partial charge in [0.15, 0.2) is 6.04 Å². The Labute approximate surface area is 108 Å². The van der Waals surface area contributed by atoms with Gasteiger partial charge in [-0.15, -0.1) is 0 Å². The summed E-state index contributed by atoms with van der Waals surface area (Å²) in [5.41, 5.74) is 2.01. The van der Waals surface area contributed by atoms with E-state index in [-0.39, 0.29) is 24.8 Å². The van der Waals surface area contributed by atoms with Gasteiger partial charge in [0.05, 0.1) is 6.61 Å². The zero-order valence-corrected chi connectivity index (χ0v) is 10.0. The molecule has 2 heterocycles. The van der Waals surface area contributed by atoms with E-state index in [0.29, 0.717) is 17.5 Å². The van der Waals surface area contributed by atoms with Gasteiger partial charge in [0.2, 0.25) is 5.91 Å². The lowest BCUT2D eigenvalue weighted by Gasteiger charge is -2.19. The number of hydrogen-bond donors (Lipinski definition) is 2. The second-order valence-corrected chi connectivity index (χ2v) is 4.47. The molecule has 0 bridgehead atoms. The largest absolute Gasteiger partial charge is 0.392 e. The number of benzene rings is 1. The maximum atomic E-state index is 11.7. The van der Waals surface area contributed by atoms with E-state index in [1.807, 2.05) is 0 Å². The normalized spacial score (nSPS) is 19.7. The summed E-state index contributed by atoms with van der Waals surface area (Å²) in [4.78, 5) is 24.2. The number of carbonyl (C=O) groups is 2. The van der Waals surface area contributed by atoms with Crippen LogP contribution in [0.1, 0.15) is 24.4 Å². The predicted octanol–water partition coefficient (Wildman–Crippen LogP) is -0.0987. The molecule has 7 nitrogen and oxygen atoms in total. The first-order chi connectivity index (χ1) is 9.17. The standard InChI is InChI=1S/C12H12N4O3/c17-6-7-1-2-8-9(5-7)15-16(14-8)10-3-4-11(18)13-12(10)19/h1-2,5,10,17H,3-4,6H2,(H,13,18,19). The van der Waals surface area contributed by atoms with Crippen molar-refractivity contribution in [1.29, 1.82) is 0 Å². The third kappa shape index (κ3) is 2.08. The molecule has 2 amide bonds. The summed E-state index contributed by atoms with van der Waals surface area (Å²) in [5.74, 6) is -0.639. The van der Waals surface area contributed by atoms with Crippen molar-refractivity contribution in [3.8, 4) is 0 Å². The third-order valence-corrected chi connectivity index (χ3v) is 3.13. The number of nitrogens with one attached hydrogen (secondary N) is 1. The predicted molar refractivity (Wildman–Crippen MR) is 64.9 cm³/mol. The number of amides is 2. The maximum Gasteiger partial charge on any atom is 0.253 e. The first-order valence-electron chi connectivity index (χ1n) is 5.97. The molecule has 1 saturated heterocycles. The molecule has 1 aliphatic heterocycles. The highest BCUT2D eigenvalue weighted by Gasteiger charge is 2.29. The van der Waals surface area contributed by atoms with Crippen molar-refractivity contribution in [2.45, 2.75) is 25.5 Å². The van der Waals surface area contributed by atoms with Gasteiger partial charge >= 0.3 is 0 Å². The van der Waals surface area contributed by atoms with E-state index in [9.17, 15) is 9.59 Å². The molecule has 19 heavy (non-hydrogen) atoms. The smallest absolute Gasteiger partial charge is 0.253 e. The van der Waals surface area contributed by atoms with E-state index in [0.717, 1.165) is 5.56 Å². The molecule has 1 fully saturated rings. The van der Waals surface area contributed by atoms with Crippen LogP contribution in [-0.2, 0) is 16.2 Å².